The zero-order valence-electron chi connectivity index (χ0n) is 14.4. The normalized spacial score (nSPS) is 12.1. The summed E-state index contributed by atoms with van der Waals surface area (Å²) in [5.74, 6) is 0.934. The molecule has 0 unspecified atom stereocenters. The molecule has 1 heterocycles. The molecule has 0 saturated carbocycles. The molecule has 0 spiro atoms. The molecule has 3 rings (SSSR count). The molecule has 0 aliphatic carbocycles. The highest BCUT2D eigenvalue weighted by Crippen LogP contribution is 2.37. The summed E-state index contributed by atoms with van der Waals surface area (Å²) in [6.07, 6.45) is 1.16. The standard InChI is InChI=1S/C17H15N3O7/c1-24-11-3-4-12(14(6-11)25-2)17(21)19-18-8-10-5-15-16(27-9-26-15)7-13(10)20(22)23/h3-8H,9H2,1-2H3,(H,19,21). The number of hydrazone groups is 1. The molecule has 0 atom stereocenters. The van der Waals surface area contributed by atoms with Crippen molar-refractivity contribution in [1.82, 2.24) is 5.43 Å². The van der Waals surface area contributed by atoms with Crippen LogP contribution in [0.3, 0.4) is 0 Å². The first kappa shape index (κ1) is 18.0. The van der Waals surface area contributed by atoms with Crippen molar-refractivity contribution >= 4 is 17.8 Å². The van der Waals surface area contributed by atoms with E-state index in [4.69, 9.17) is 18.9 Å². The van der Waals surface area contributed by atoms with Crippen LogP contribution in [0.2, 0.25) is 0 Å². The van der Waals surface area contributed by atoms with Gasteiger partial charge in [-0.25, -0.2) is 5.43 Å². The summed E-state index contributed by atoms with van der Waals surface area (Å²) in [5, 5.41) is 15.0. The second-order valence-electron chi connectivity index (χ2n) is 5.29. The zero-order chi connectivity index (χ0) is 19.4. The van der Waals surface area contributed by atoms with Gasteiger partial charge in [-0.05, 0) is 18.2 Å². The molecular weight excluding hydrogens is 358 g/mol. The number of methoxy groups -OCH3 is 2. The molecule has 0 radical (unpaired) electrons. The number of ether oxygens (including phenoxy) is 4. The van der Waals surface area contributed by atoms with E-state index >= 15 is 0 Å². The fourth-order valence-electron chi connectivity index (χ4n) is 2.42. The average Bonchev–Trinajstić information content (AvgIpc) is 3.13. The predicted molar refractivity (Wildman–Crippen MR) is 93.8 cm³/mol. The second kappa shape index (κ2) is 7.60. The zero-order valence-corrected chi connectivity index (χ0v) is 14.4. The van der Waals surface area contributed by atoms with E-state index in [0.29, 0.717) is 17.2 Å². The Bertz CT molecular complexity index is 927. The molecule has 2 aromatic carbocycles. The van der Waals surface area contributed by atoms with Gasteiger partial charge in [0.15, 0.2) is 11.5 Å². The quantitative estimate of drug-likeness (QED) is 0.467. The summed E-state index contributed by atoms with van der Waals surface area (Å²) in [5.41, 5.74) is 2.48. The first-order valence-corrected chi connectivity index (χ1v) is 7.67. The molecule has 2 aromatic rings. The molecule has 0 fully saturated rings. The van der Waals surface area contributed by atoms with E-state index in [1.54, 1.807) is 12.1 Å². The summed E-state index contributed by atoms with van der Waals surface area (Å²) in [6, 6.07) is 7.35. The SMILES string of the molecule is COc1ccc(C(=O)NN=Cc2cc3c(cc2[N+](=O)[O-])OCO3)c(OC)c1. The maximum absolute atomic E-state index is 12.3. The number of nitro benzene ring substituents is 1. The third-order valence-electron chi connectivity index (χ3n) is 3.74. The minimum atomic E-state index is -0.572. The van der Waals surface area contributed by atoms with E-state index in [-0.39, 0.29) is 29.4 Å². The number of nitro groups is 1. The monoisotopic (exact) mass is 373 g/mol. The van der Waals surface area contributed by atoms with Crippen LogP contribution in [0, 0.1) is 10.1 Å². The summed E-state index contributed by atoms with van der Waals surface area (Å²) in [4.78, 5) is 22.9. The Hall–Kier alpha value is -3.82. The highest BCUT2D eigenvalue weighted by atomic mass is 16.7. The van der Waals surface area contributed by atoms with Crippen LogP contribution in [-0.4, -0.2) is 38.1 Å². The number of nitrogens with zero attached hydrogens (tertiary/aromatic N) is 2. The molecule has 1 N–H and O–H groups in total. The summed E-state index contributed by atoms with van der Waals surface area (Å²) >= 11 is 0. The van der Waals surface area contributed by atoms with Crippen molar-refractivity contribution < 1.29 is 28.7 Å². The van der Waals surface area contributed by atoms with Crippen LogP contribution in [0.1, 0.15) is 15.9 Å². The van der Waals surface area contributed by atoms with Crippen LogP contribution in [0.15, 0.2) is 35.4 Å². The smallest absolute Gasteiger partial charge is 0.282 e. The van der Waals surface area contributed by atoms with E-state index in [9.17, 15) is 14.9 Å². The Morgan fingerprint density at radius 3 is 2.63 bits per heavy atom. The molecule has 10 nitrogen and oxygen atoms in total. The maximum Gasteiger partial charge on any atom is 0.282 e. The Balaban J connectivity index is 1.80. The van der Waals surface area contributed by atoms with Crippen LogP contribution in [0.25, 0.3) is 0 Å². The van der Waals surface area contributed by atoms with Gasteiger partial charge in [0.05, 0.1) is 42.6 Å². The number of rotatable bonds is 6. The molecular formula is C17H15N3O7. The highest BCUT2D eigenvalue weighted by molar-refractivity contribution is 5.98. The van der Waals surface area contributed by atoms with Crippen LogP contribution in [0.5, 0.6) is 23.0 Å². The van der Waals surface area contributed by atoms with Crippen LogP contribution in [0.4, 0.5) is 5.69 Å². The van der Waals surface area contributed by atoms with Crippen molar-refractivity contribution in [3.05, 3.63) is 51.6 Å². The van der Waals surface area contributed by atoms with Crippen molar-refractivity contribution in [2.24, 2.45) is 5.10 Å². The molecule has 140 valence electrons. The Kier molecular flexibility index (Phi) is 5.06. The lowest BCUT2D eigenvalue weighted by molar-refractivity contribution is -0.385. The highest BCUT2D eigenvalue weighted by Gasteiger charge is 2.22. The van der Waals surface area contributed by atoms with E-state index < -0.39 is 10.8 Å². The molecule has 1 aliphatic rings. The van der Waals surface area contributed by atoms with Gasteiger partial charge in [-0.3, -0.25) is 14.9 Å². The van der Waals surface area contributed by atoms with Crippen molar-refractivity contribution in [2.45, 2.75) is 0 Å². The van der Waals surface area contributed by atoms with E-state index in [1.165, 1.54) is 32.4 Å². The van der Waals surface area contributed by atoms with Gasteiger partial charge in [-0.15, -0.1) is 0 Å². The maximum atomic E-state index is 12.3. The Morgan fingerprint density at radius 2 is 1.96 bits per heavy atom. The first-order chi connectivity index (χ1) is 13.0. The van der Waals surface area contributed by atoms with E-state index in [1.807, 2.05) is 0 Å². The van der Waals surface area contributed by atoms with Crippen LogP contribution in [-0.2, 0) is 0 Å². The molecule has 0 aromatic heterocycles. The van der Waals surface area contributed by atoms with E-state index in [0.717, 1.165) is 6.21 Å². The summed E-state index contributed by atoms with van der Waals surface area (Å²) < 4.78 is 20.6. The van der Waals surface area contributed by atoms with Gasteiger partial charge in [0.25, 0.3) is 11.6 Å². The van der Waals surface area contributed by atoms with Gasteiger partial charge in [0.2, 0.25) is 6.79 Å². The van der Waals surface area contributed by atoms with Crippen LogP contribution >= 0.6 is 0 Å². The van der Waals surface area contributed by atoms with Crippen molar-refractivity contribution in [3.63, 3.8) is 0 Å². The minimum absolute atomic E-state index is 0.0128. The number of nitrogens with one attached hydrogen (secondary N) is 1. The topological polar surface area (TPSA) is 122 Å². The molecule has 27 heavy (non-hydrogen) atoms. The van der Waals surface area contributed by atoms with Crippen molar-refractivity contribution in [3.8, 4) is 23.0 Å². The average molecular weight is 373 g/mol. The number of amides is 1. The van der Waals surface area contributed by atoms with Gasteiger partial charge < -0.3 is 18.9 Å². The minimum Gasteiger partial charge on any atom is -0.497 e. The third kappa shape index (κ3) is 3.73. The fourth-order valence-corrected chi connectivity index (χ4v) is 2.42. The summed E-state index contributed by atoms with van der Waals surface area (Å²) in [6.45, 7) is -0.0128. The lowest BCUT2D eigenvalue weighted by Crippen LogP contribution is -2.18. The largest absolute Gasteiger partial charge is 0.497 e. The molecule has 1 amide bonds. The number of fused-ring (bicyclic) bond motifs is 1. The number of carbonyl (C=O) groups is 1. The number of hydrogen-bond donors (Lipinski definition) is 1. The van der Waals surface area contributed by atoms with Gasteiger partial charge in [-0.2, -0.15) is 5.10 Å². The number of carbonyl (C=O) groups excluding carboxylic acids is 1. The van der Waals surface area contributed by atoms with E-state index in [2.05, 4.69) is 10.5 Å². The number of hydrogen-bond acceptors (Lipinski definition) is 8. The van der Waals surface area contributed by atoms with Gasteiger partial charge >= 0.3 is 0 Å². The molecule has 0 bridgehead atoms. The lowest BCUT2D eigenvalue weighted by atomic mass is 10.1. The Labute approximate surface area is 153 Å². The van der Waals surface area contributed by atoms with Gasteiger partial charge in [0.1, 0.15) is 11.5 Å². The Morgan fingerprint density at radius 1 is 1.22 bits per heavy atom. The van der Waals surface area contributed by atoms with Gasteiger partial charge in [-0.1, -0.05) is 0 Å². The van der Waals surface area contributed by atoms with Crippen LogP contribution < -0.4 is 24.4 Å². The fraction of sp³-hybridized carbons (Fsp3) is 0.176. The first-order valence-electron chi connectivity index (χ1n) is 7.67. The predicted octanol–water partition coefficient (Wildman–Crippen LogP) is 2.10. The molecule has 1 aliphatic heterocycles. The number of benzene rings is 2. The third-order valence-corrected chi connectivity index (χ3v) is 3.74. The van der Waals surface area contributed by atoms with Crippen molar-refractivity contribution in [1.29, 1.82) is 0 Å². The van der Waals surface area contributed by atoms with Crippen molar-refractivity contribution in [2.75, 3.05) is 21.0 Å². The molecule has 0 saturated heterocycles. The second-order valence-corrected chi connectivity index (χ2v) is 5.29. The molecule has 10 heteroatoms. The summed E-state index contributed by atoms with van der Waals surface area (Å²) in [7, 11) is 2.92. The van der Waals surface area contributed by atoms with Gasteiger partial charge in [0, 0.05) is 6.07 Å². The lowest BCUT2D eigenvalue weighted by Gasteiger charge is -2.08.